The third-order valence-corrected chi connectivity index (χ3v) is 3.12. The van der Waals surface area contributed by atoms with Crippen molar-refractivity contribution in [2.45, 2.75) is 12.7 Å². The number of ketones is 1. The zero-order chi connectivity index (χ0) is 16.5. The van der Waals surface area contributed by atoms with Gasteiger partial charge in [0.1, 0.15) is 10.8 Å². The number of halogens is 5. The SMILES string of the molecule is O=C(Cn1cc(C(F)(F)F)cc(Cl)c1=O)c1ccc(F)cc1. The average molecular weight is 334 g/mol. The Morgan fingerprint density at radius 1 is 1.18 bits per heavy atom. The van der Waals surface area contributed by atoms with E-state index in [-0.39, 0.29) is 5.56 Å². The van der Waals surface area contributed by atoms with Crippen LogP contribution in [0.15, 0.2) is 41.3 Å². The molecule has 0 aliphatic carbocycles. The number of carbonyl (C=O) groups is 1. The Hall–Kier alpha value is -2.15. The van der Waals surface area contributed by atoms with E-state index in [0.29, 0.717) is 16.8 Å². The van der Waals surface area contributed by atoms with Gasteiger partial charge in [0.25, 0.3) is 5.56 Å². The van der Waals surface area contributed by atoms with Crippen LogP contribution in [-0.2, 0) is 12.7 Å². The second-order valence-electron chi connectivity index (χ2n) is 4.44. The Balaban J connectivity index is 2.37. The van der Waals surface area contributed by atoms with Crippen molar-refractivity contribution >= 4 is 17.4 Å². The molecule has 0 fully saturated rings. The fourth-order valence-corrected chi connectivity index (χ4v) is 1.98. The predicted molar refractivity (Wildman–Crippen MR) is 71.4 cm³/mol. The quantitative estimate of drug-likeness (QED) is 0.636. The molecule has 0 saturated carbocycles. The lowest BCUT2D eigenvalue weighted by Crippen LogP contribution is -2.26. The van der Waals surface area contributed by atoms with Gasteiger partial charge in [0.05, 0.1) is 12.1 Å². The van der Waals surface area contributed by atoms with E-state index in [1.807, 2.05) is 0 Å². The average Bonchev–Trinajstić information content (AvgIpc) is 2.43. The van der Waals surface area contributed by atoms with Crippen molar-refractivity contribution in [2.24, 2.45) is 0 Å². The molecule has 22 heavy (non-hydrogen) atoms. The van der Waals surface area contributed by atoms with E-state index in [2.05, 4.69) is 0 Å². The van der Waals surface area contributed by atoms with E-state index in [4.69, 9.17) is 11.6 Å². The first-order chi connectivity index (χ1) is 10.2. The number of pyridine rings is 1. The van der Waals surface area contributed by atoms with Crippen LogP contribution in [0.4, 0.5) is 17.6 Å². The van der Waals surface area contributed by atoms with E-state index in [1.54, 1.807) is 0 Å². The van der Waals surface area contributed by atoms with Gasteiger partial charge < -0.3 is 4.57 Å². The van der Waals surface area contributed by atoms with Gasteiger partial charge in [0.2, 0.25) is 0 Å². The molecule has 0 spiro atoms. The first kappa shape index (κ1) is 16.2. The number of Topliss-reactive ketones (excluding diaryl/α,β-unsaturated/α-hetero) is 1. The van der Waals surface area contributed by atoms with Crippen LogP contribution in [0.1, 0.15) is 15.9 Å². The highest BCUT2D eigenvalue weighted by Crippen LogP contribution is 2.29. The van der Waals surface area contributed by atoms with Crippen molar-refractivity contribution in [3.05, 3.63) is 68.8 Å². The maximum absolute atomic E-state index is 12.8. The number of carbonyl (C=O) groups excluding carboxylic acids is 1. The number of benzene rings is 1. The number of rotatable bonds is 3. The third-order valence-electron chi connectivity index (χ3n) is 2.85. The number of alkyl halides is 3. The third kappa shape index (κ3) is 3.54. The van der Waals surface area contributed by atoms with Crippen molar-refractivity contribution in [2.75, 3.05) is 0 Å². The molecule has 0 atom stereocenters. The van der Waals surface area contributed by atoms with Crippen molar-refractivity contribution < 1.29 is 22.4 Å². The Bertz CT molecular complexity index is 766. The summed E-state index contributed by atoms with van der Waals surface area (Å²) in [5.41, 5.74) is -1.98. The van der Waals surface area contributed by atoms with E-state index in [1.165, 1.54) is 12.1 Å². The second kappa shape index (κ2) is 5.92. The van der Waals surface area contributed by atoms with E-state index >= 15 is 0 Å². The fourth-order valence-electron chi connectivity index (χ4n) is 1.75. The largest absolute Gasteiger partial charge is 0.417 e. The van der Waals surface area contributed by atoms with Crippen LogP contribution < -0.4 is 5.56 Å². The van der Waals surface area contributed by atoms with Crippen molar-refractivity contribution in [1.29, 1.82) is 0 Å². The maximum Gasteiger partial charge on any atom is 0.417 e. The lowest BCUT2D eigenvalue weighted by molar-refractivity contribution is -0.138. The van der Waals surface area contributed by atoms with E-state index in [0.717, 1.165) is 12.1 Å². The summed E-state index contributed by atoms with van der Waals surface area (Å²) in [6.07, 6.45) is -4.17. The number of hydrogen-bond donors (Lipinski definition) is 0. The summed E-state index contributed by atoms with van der Waals surface area (Å²) in [5, 5.41) is -0.637. The molecule has 8 heteroatoms. The van der Waals surface area contributed by atoms with Crippen molar-refractivity contribution in [3.8, 4) is 0 Å². The second-order valence-corrected chi connectivity index (χ2v) is 4.84. The van der Waals surface area contributed by atoms with E-state index < -0.39 is 40.5 Å². The number of nitrogens with zero attached hydrogens (tertiary/aromatic N) is 1. The van der Waals surface area contributed by atoms with Crippen LogP contribution in [0.2, 0.25) is 5.02 Å². The van der Waals surface area contributed by atoms with Gasteiger partial charge in [-0.05, 0) is 30.3 Å². The molecule has 1 heterocycles. The van der Waals surface area contributed by atoms with Gasteiger partial charge in [0, 0.05) is 11.8 Å². The summed E-state index contributed by atoms with van der Waals surface area (Å²) in [7, 11) is 0. The summed E-state index contributed by atoms with van der Waals surface area (Å²) < 4.78 is 51.4. The smallest absolute Gasteiger partial charge is 0.306 e. The minimum Gasteiger partial charge on any atom is -0.306 e. The monoisotopic (exact) mass is 333 g/mol. The lowest BCUT2D eigenvalue weighted by atomic mass is 10.1. The lowest BCUT2D eigenvalue weighted by Gasteiger charge is -2.11. The van der Waals surface area contributed by atoms with E-state index in [9.17, 15) is 27.2 Å². The van der Waals surface area contributed by atoms with Gasteiger partial charge in [0.15, 0.2) is 5.78 Å². The standard InChI is InChI=1S/C14H8ClF4NO2/c15-11-5-9(14(17,18)19)6-20(13(11)22)7-12(21)8-1-3-10(16)4-2-8/h1-6H,7H2. The van der Waals surface area contributed by atoms with Crippen LogP contribution in [-0.4, -0.2) is 10.4 Å². The normalized spacial score (nSPS) is 11.5. The van der Waals surface area contributed by atoms with Crippen LogP contribution in [0.3, 0.4) is 0 Å². The topological polar surface area (TPSA) is 39.1 Å². The first-order valence-electron chi connectivity index (χ1n) is 5.94. The molecular formula is C14H8ClF4NO2. The number of aromatic nitrogens is 1. The van der Waals surface area contributed by atoms with Crippen LogP contribution in [0, 0.1) is 5.82 Å². The van der Waals surface area contributed by atoms with Gasteiger partial charge >= 0.3 is 6.18 Å². The first-order valence-corrected chi connectivity index (χ1v) is 6.32. The molecule has 0 N–H and O–H groups in total. The van der Waals surface area contributed by atoms with Crippen LogP contribution >= 0.6 is 11.6 Å². The highest BCUT2D eigenvalue weighted by molar-refractivity contribution is 6.30. The zero-order valence-corrected chi connectivity index (χ0v) is 11.6. The number of hydrogen-bond acceptors (Lipinski definition) is 2. The summed E-state index contributed by atoms with van der Waals surface area (Å²) in [4.78, 5) is 23.7. The maximum atomic E-state index is 12.8. The Morgan fingerprint density at radius 2 is 1.77 bits per heavy atom. The molecule has 0 amide bonds. The highest BCUT2D eigenvalue weighted by atomic mass is 35.5. The molecule has 2 rings (SSSR count). The van der Waals surface area contributed by atoms with Gasteiger partial charge in [-0.25, -0.2) is 4.39 Å². The molecule has 0 aliphatic rings. The summed E-state index contributed by atoms with van der Waals surface area (Å²) in [6, 6.07) is 4.93. The zero-order valence-electron chi connectivity index (χ0n) is 10.8. The molecule has 1 aromatic carbocycles. The minimum atomic E-state index is -4.70. The Morgan fingerprint density at radius 3 is 2.32 bits per heavy atom. The molecule has 0 aliphatic heterocycles. The molecule has 3 nitrogen and oxygen atoms in total. The van der Waals surface area contributed by atoms with Crippen LogP contribution in [0.5, 0.6) is 0 Å². The molecule has 0 saturated heterocycles. The molecule has 0 unspecified atom stereocenters. The molecule has 116 valence electrons. The fraction of sp³-hybridized carbons (Fsp3) is 0.143. The Labute approximate surface area is 126 Å². The minimum absolute atomic E-state index is 0.0711. The molecule has 0 radical (unpaired) electrons. The van der Waals surface area contributed by atoms with Gasteiger partial charge in [-0.3, -0.25) is 9.59 Å². The van der Waals surface area contributed by atoms with Crippen LogP contribution in [0.25, 0.3) is 0 Å². The molecule has 2 aromatic rings. The predicted octanol–water partition coefficient (Wildman–Crippen LogP) is 3.54. The molecular weight excluding hydrogens is 326 g/mol. The Kier molecular flexibility index (Phi) is 4.37. The summed E-state index contributed by atoms with van der Waals surface area (Å²) >= 11 is 5.48. The van der Waals surface area contributed by atoms with Gasteiger partial charge in [-0.1, -0.05) is 11.6 Å². The molecule has 1 aromatic heterocycles. The van der Waals surface area contributed by atoms with Crippen molar-refractivity contribution in [1.82, 2.24) is 4.57 Å². The summed E-state index contributed by atoms with van der Waals surface area (Å²) in [5.74, 6) is -1.20. The highest BCUT2D eigenvalue weighted by Gasteiger charge is 2.32. The van der Waals surface area contributed by atoms with Gasteiger partial charge in [-0.15, -0.1) is 0 Å². The van der Waals surface area contributed by atoms with Crippen molar-refractivity contribution in [3.63, 3.8) is 0 Å². The molecule has 0 bridgehead atoms. The summed E-state index contributed by atoms with van der Waals surface area (Å²) in [6.45, 7) is -0.631. The van der Waals surface area contributed by atoms with Gasteiger partial charge in [-0.2, -0.15) is 13.2 Å².